The molecule has 0 amide bonds. The lowest BCUT2D eigenvalue weighted by Gasteiger charge is -2.22. The van der Waals surface area contributed by atoms with Crippen LogP contribution in [0, 0.1) is 12.8 Å². The molecule has 2 atom stereocenters. The van der Waals surface area contributed by atoms with Gasteiger partial charge >= 0.3 is 0 Å². The second-order valence-electron chi connectivity index (χ2n) is 4.58. The van der Waals surface area contributed by atoms with Crippen molar-refractivity contribution in [1.82, 2.24) is 15.1 Å². The molecular formula is C13H25N3. The summed E-state index contributed by atoms with van der Waals surface area (Å²) in [5.41, 5.74) is 2.49. The average molecular weight is 223 g/mol. The van der Waals surface area contributed by atoms with Gasteiger partial charge in [-0.3, -0.25) is 4.68 Å². The van der Waals surface area contributed by atoms with E-state index in [9.17, 15) is 0 Å². The van der Waals surface area contributed by atoms with E-state index in [1.54, 1.807) is 0 Å². The Morgan fingerprint density at radius 2 is 2.12 bits per heavy atom. The number of aryl methyl sites for hydroxylation is 2. The SMILES string of the molecule is CCC(NC)C(C)Cc1cc(C)nn1CC. The molecule has 2 unspecified atom stereocenters. The largest absolute Gasteiger partial charge is 0.317 e. The van der Waals surface area contributed by atoms with Crippen LogP contribution in [0.5, 0.6) is 0 Å². The average Bonchev–Trinajstić information content (AvgIpc) is 2.60. The second-order valence-corrected chi connectivity index (χ2v) is 4.58. The van der Waals surface area contributed by atoms with E-state index in [0.717, 1.165) is 18.7 Å². The molecule has 16 heavy (non-hydrogen) atoms. The summed E-state index contributed by atoms with van der Waals surface area (Å²) in [6.45, 7) is 9.73. The maximum absolute atomic E-state index is 4.49. The first-order chi connectivity index (χ1) is 7.62. The van der Waals surface area contributed by atoms with Crippen LogP contribution in [0.15, 0.2) is 6.07 Å². The Kier molecular flexibility index (Phi) is 5.00. The monoisotopic (exact) mass is 223 g/mol. The fourth-order valence-corrected chi connectivity index (χ4v) is 2.40. The van der Waals surface area contributed by atoms with Gasteiger partial charge in [-0.2, -0.15) is 5.10 Å². The highest BCUT2D eigenvalue weighted by Crippen LogP contribution is 2.15. The maximum Gasteiger partial charge on any atom is 0.0596 e. The van der Waals surface area contributed by atoms with E-state index in [1.807, 2.05) is 7.05 Å². The van der Waals surface area contributed by atoms with Crippen LogP contribution in [0.1, 0.15) is 38.6 Å². The van der Waals surface area contributed by atoms with Crippen LogP contribution in [0.25, 0.3) is 0 Å². The lowest BCUT2D eigenvalue weighted by atomic mass is 9.94. The van der Waals surface area contributed by atoms with Crippen molar-refractivity contribution < 1.29 is 0 Å². The number of rotatable bonds is 6. The van der Waals surface area contributed by atoms with Crippen LogP contribution in [-0.4, -0.2) is 22.9 Å². The Morgan fingerprint density at radius 1 is 1.44 bits per heavy atom. The van der Waals surface area contributed by atoms with Gasteiger partial charge < -0.3 is 5.32 Å². The molecule has 0 bridgehead atoms. The summed E-state index contributed by atoms with van der Waals surface area (Å²) in [5.74, 6) is 0.649. The Labute approximate surface area is 99.2 Å². The van der Waals surface area contributed by atoms with Crippen molar-refractivity contribution in [1.29, 1.82) is 0 Å². The Balaban J connectivity index is 2.71. The number of hydrogen-bond acceptors (Lipinski definition) is 2. The molecule has 92 valence electrons. The Bertz CT molecular complexity index is 313. The number of nitrogens with zero attached hydrogens (tertiary/aromatic N) is 2. The van der Waals surface area contributed by atoms with E-state index in [4.69, 9.17) is 0 Å². The molecule has 1 aromatic heterocycles. The van der Waals surface area contributed by atoms with Crippen LogP contribution in [0.3, 0.4) is 0 Å². The van der Waals surface area contributed by atoms with Gasteiger partial charge in [-0.05, 0) is 45.7 Å². The third-order valence-electron chi connectivity index (χ3n) is 3.31. The zero-order chi connectivity index (χ0) is 12.1. The standard InChI is InChI=1S/C13H25N3/c1-6-13(14-5)10(3)8-12-9-11(4)15-16(12)7-2/h9-10,13-14H,6-8H2,1-5H3. The molecule has 0 fully saturated rings. The van der Waals surface area contributed by atoms with E-state index < -0.39 is 0 Å². The third-order valence-corrected chi connectivity index (χ3v) is 3.31. The molecule has 0 aliphatic rings. The minimum atomic E-state index is 0.598. The van der Waals surface area contributed by atoms with E-state index in [1.165, 1.54) is 12.1 Å². The predicted octanol–water partition coefficient (Wildman–Crippen LogP) is 2.39. The Morgan fingerprint density at radius 3 is 2.62 bits per heavy atom. The molecule has 0 spiro atoms. The van der Waals surface area contributed by atoms with Crippen molar-refractivity contribution in [2.75, 3.05) is 7.05 Å². The topological polar surface area (TPSA) is 29.9 Å². The number of aromatic nitrogens is 2. The van der Waals surface area contributed by atoms with Crippen LogP contribution < -0.4 is 5.32 Å². The molecule has 0 aliphatic carbocycles. The summed E-state index contributed by atoms with van der Waals surface area (Å²) < 4.78 is 2.12. The van der Waals surface area contributed by atoms with Crippen LogP contribution in [0.4, 0.5) is 0 Å². The predicted molar refractivity (Wildman–Crippen MR) is 68.6 cm³/mol. The lowest BCUT2D eigenvalue weighted by molar-refractivity contribution is 0.378. The van der Waals surface area contributed by atoms with Crippen molar-refractivity contribution in [3.05, 3.63) is 17.5 Å². The molecule has 0 saturated carbocycles. The molecule has 1 aromatic rings. The van der Waals surface area contributed by atoms with Gasteiger partial charge in [-0.1, -0.05) is 13.8 Å². The van der Waals surface area contributed by atoms with Gasteiger partial charge in [0.25, 0.3) is 0 Å². The van der Waals surface area contributed by atoms with Crippen LogP contribution in [-0.2, 0) is 13.0 Å². The normalized spacial score (nSPS) is 15.1. The molecule has 1 heterocycles. The van der Waals surface area contributed by atoms with E-state index in [2.05, 4.69) is 48.9 Å². The molecule has 0 radical (unpaired) electrons. The summed E-state index contributed by atoms with van der Waals surface area (Å²) in [5, 5.41) is 7.88. The van der Waals surface area contributed by atoms with Gasteiger partial charge in [-0.25, -0.2) is 0 Å². The van der Waals surface area contributed by atoms with Crippen molar-refractivity contribution >= 4 is 0 Å². The van der Waals surface area contributed by atoms with E-state index in [-0.39, 0.29) is 0 Å². The lowest BCUT2D eigenvalue weighted by Crippen LogP contribution is -2.32. The van der Waals surface area contributed by atoms with Crippen molar-refractivity contribution in [2.24, 2.45) is 5.92 Å². The number of nitrogens with one attached hydrogen (secondary N) is 1. The fraction of sp³-hybridized carbons (Fsp3) is 0.769. The van der Waals surface area contributed by atoms with Gasteiger partial charge in [-0.15, -0.1) is 0 Å². The molecule has 1 N–H and O–H groups in total. The van der Waals surface area contributed by atoms with Gasteiger partial charge in [0.15, 0.2) is 0 Å². The van der Waals surface area contributed by atoms with Crippen molar-refractivity contribution in [3.63, 3.8) is 0 Å². The molecular weight excluding hydrogens is 198 g/mol. The molecule has 0 aromatic carbocycles. The van der Waals surface area contributed by atoms with Crippen molar-refractivity contribution in [3.8, 4) is 0 Å². The molecule has 3 heteroatoms. The molecule has 0 aliphatic heterocycles. The Hall–Kier alpha value is -0.830. The van der Waals surface area contributed by atoms with Gasteiger partial charge in [0, 0.05) is 18.3 Å². The quantitative estimate of drug-likeness (QED) is 0.802. The highest BCUT2D eigenvalue weighted by atomic mass is 15.3. The van der Waals surface area contributed by atoms with Gasteiger partial charge in [0.2, 0.25) is 0 Å². The smallest absolute Gasteiger partial charge is 0.0596 e. The summed E-state index contributed by atoms with van der Waals surface area (Å²) in [4.78, 5) is 0. The summed E-state index contributed by atoms with van der Waals surface area (Å²) in [6.07, 6.45) is 2.28. The first-order valence-corrected chi connectivity index (χ1v) is 6.32. The maximum atomic E-state index is 4.49. The van der Waals surface area contributed by atoms with Gasteiger partial charge in [0.05, 0.1) is 5.69 Å². The minimum Gasteiger partial charge on any atom is -0.317 e. The van der Waals surface area contributed by atoms with Crippen LogP contribution >= 0.6 is 0 Å². The second kappa shape index (κ2) is 6.04. The van der Waals surface area contributed by atoms with E-state index in [0.29, 0.717) is 12.0 Å². The first kappa shape index (κ1) is 13.2. The first-order valence-electron chi connectivity index (χ1n) is 6.32. The highest BCUT2D eigenvalue weighted by molar-refractivity contribution is 5.10. The van der Waals surface area contributed by atoms with Crippen molar-refractivity contribution in [2.45, 2.75) is 53.1 Å². The molecule has 1 rings (SSSR count). The number of hydrogen-bond donors (Lipinski definition) is 1. The summed E-state index contributed by atoms with van der Waals surface area (Å²) in [6, 6.07) is 2.81. The summed E-state index contributed by atoms with van der Waals surface area (Å²) in [7, 11) is 2.05. The van der Waals surface area contributed by atoms with Gasteiger partial charge in [0.1, 0.15) is 0 Å². The molecule has 3 nitrogen and oxygen atoms in total. The van der Waals surface area contributed by atoms with E-state index >= 15 is 0 Å². The third kappa shape index (κ3) is 3.08. The fourth-order valence-electron chi connectivity index (χ4n) is 2.40. The minimum absolute atomic E-state index is 0.598. The molecule has 0 saturated heterocycles. The zero-order valence-electron chi connectivity index (χ0n) is 11.2. The highest BCUT2D eigenvalue weighted by Gasteiger charge is 2.16. The van der Waals surface area contributed by atoms with Crippen LogP contribution in [0.2, 0.25) is 0 Å². The zero-order valence-corrected chi connectivity index (χ0v) is 11.2. The summed E-state index contributed by atoms with van der Waals surface area (Å²) >= 11 is 0.